The molecule has 0 saturated carbocycles. The van der Waals surface area contributed by atoms with Crippen LogP contribution in [0.3, 0.4) is 0 Å². The topological polar surface area (TPSA) is 33.1 Å². The van der Waals surface area contributed by atoms with Crippen molar-refractivity contribution in [1.29, 1.82) is 5.41 Å². The number of aryl methyl sites for hydroxylation is 1. The quantitative estimate of drug-likeness (QED) is 0.613. The summed E-state index contributed by atoms with van der Waals surface area (Å²) in [6.07, 6.45) is 2.89. The lowest BCUT2D eigenvalue weighted by Gasteiger charge is -2.09. The standard InChI is InChI=1S/C11H15NOS/c1-4-8-5-6-10(13-2)9(7-8)11(12)14-3/h5-7,12H,4H2,1-3H3. The summed E-state index contributed by atoms with van der Waals surface area (Å²) in [6, 6.07) is 5.99. The number of benzene rings is 1. The summed E-state index contributed by atoms with van der Waals surface area (Å²) >= 11 is 1.43. The first-order valence-corrected chi connectivity index (χ1v) is 5.75. The Hall–Kier alpha value is -0.960. The molecule has 1 N–H and O–H groups in total. The first-order chi connectivity index (χ1) is 6.72. The number of methoxy groups -OCH3 is 1. The van der Waals surface area contributed by atoms with Gasteiger partial charge in [0.2, 0.25) is 0 Å². The van der Waals surface area contributed by atoms with Gasteiger partial charge < -0.3 is 4.74 Å². The van der Waals surface area contributed by atoms with E-state index in [1.54, 1.807) is 7.11 Å². The third-order valence-corrected chi connectivity index (χ3v) is 2.75. The Morgan fingerprint density at radius 3 is 2.71 bits per heavy atom. The minimum atomic E-state index is 0.553. The van der Waals surface area contributed by atoms with Crippen molar-refractivity contribution in [2.24, 2.45) is 0 Å². The van der Waals surface area contributed by atoms with Gasteiger partial charge in [0.1, 0.15) is 5.75 Å². The second-order valence-electron chi connectivity index (χ2n) is 2.92. The minimum absolute atomic E-state index is 0.553. The molecule has 0 radical (unpaired) electrons. The molecule has 0 aliphatic rings. The summed E-state index contributed by atoms with van der Waals surface area (Å²) in [6.45, 7) is 2.11. The lowest BCUT2D eigenvalue weighted by Crippen LogP contribution is -1.98. The molecule has 76 valence electrons. The van der Waals surface area contributed by atoms with Crippen molar-refractivity contribution in [3.8, 4) is 5.75 Å². The first kappa shape index (κ1) is 11.1. The van der Waals surface area contributed by atoms with Crippen LogP contribution in [0, 0.1) is 5.41 Å². The van der Waals surface area contributed by atoms with E-state index in [1.807, 2.05) is 24.5 Å². The van der Waals surface area contributed by atoms with Crippen LogP contribution < -0.4 is 4.74 Å². The Bertz CT molecular complexity index is 336. The maximum atomic E-state index is 7.78. The Labute approximate surface area is 89.2 Å². The number of thioether (sulfide) groups is 1. The normalized spacial score (nSPS) is 9.93. The van der Waals surface area contributed by atoms with Gasteiger partial charge in [0.15, 0.2) is 0 Å². The van der Waals surface area contributed by atoms with Crippen LogP contribution in [0.5, 0.6) is 5.75 Å². The van der Waals surface area contributed by atoms with Crippen molar-refractivity contribution in [2.45, 2.75) is 13.3 Å². The van der Waals surface area contributed by atoms with Gasteiger partial charge in [0.05, 0.1) is 12.2 Å². The van der Waals surface area contributed by atoms with E-state index in [9.17, 15) is 0 Å². The van der Waals surface area contributed by atoms with E-state index in [-0.39, 0.29) is 0 Å². The molecule has 0 aromatic heterocycles. The highest BCUT2D eigenvalue weighted by atomic mass is 32.2. The van der Waals surface area contributed by atoms with Crippen LogP contribution in [0.2, 0.25) is 0 Å². The van der Waals surface area contributed by atoms with Gasteiger partial charge >= 0.3 is 0 Å². The third-order valence-electron chi connectivity index (χ3n) is 2.12. The fraction of sp³-hybridized carbons (Fsp3) is 0.364. The highest BCUT2D eigenvalue weighted by Gasteiger charge is 2.07. The van der Waals surface area contributed by atoms with Crippen LogP contribution in [0.4, 0.5) is 0 Å². The number of rotatable bonds is 3. The van der Waals surface area contributed by atoms with Crippen LogP contribution in [-0.4, -0.2) is 18.4 Å². The zero-order valence-corrected chi connectivity index (χ0v) is 9.57. The SMILES string of the molecule is CCc1ccc(OC)c(C(=N)SC)c1. The molecule has 0 saturated heterocycles. The molecule has 0 unspecified atom stereocenters. The molecule has 0 aliphatic heterocycles. The monoisotopic (exact) mass is 209 g/mol. The average Bonchev–Trinajstić information content (AvgIpc) is 2.27. The van der Waals surface area contributed by atoms with E-state index in [0.29, 0.717) is 5.04 Å². The Morgan fingerprint density at radius 1 is 1.50 bits per heavy atom. The van der Waals surface area contributed by atoms with Crippen LogP contribution in [0.15, 0.2) is 18.2 Å². The van der Waals surface area contributed by atoms with Crippen molar-refractivity contribution >= 4 is 16.8 Å². The average molecular weight is 209 g/mol. The molecular formula is C11H15NOS. The summed E-state index contributed by atoms with van der Waals surface area (Å²) in [5.41, 5.74) is 2.12. The Kier molecular flexibility index (Phi) is 4.01. The lowest BCUT2D eigenvalue weighted by molar-refractivity contribution is 0.414. The largest absolute Gasteiger partial charge is 0.496 e. The lowest BCUT2D eigenvalue weighted by atomic mass is 10.1. The Balaban J connectivity index is 3.14. The van der Waals surface area contributed by atoms with E-state index >= 15 is 0 Å². The molecule has 1 rings (SSSR count). The first-order valence-electron chi connectivity index (χ1n) is 4.52. The molecule has 0 spiro atoms. The molecule has 3 heteroatoms. The van der Waals surface area contributed by atoms with E-state index < -0.39 is 0 Å². The fourth-order valence-corrected chi connectivity index (χ4v) is 1.64. The summed E-state index contributed by atoms with van der Waals surface area (Å²) in [7, 11) is 1.64. The van der Waals surface area contributed by atoms with Crippen molar-refractivity contribution in [1.82, 2.24) is 0 Å². The van der Waals surface area contributed by atoms with Crippen LogP contribution in [-0.2, 0) is 6.42 Å². The third kappa shape index (κ3) is 2.29. The second-order valence-corrected chi connectivity index (χ2v) is 3.74. The van der Waals surface area contributed by atoms with Gasteiger partial charge in [-0.25, -0.2) is 0 Å². The minimum Gasteiger partial charge on any atom is -0.496 e. The summed E-state index contributed by atoms with van der Waals surface area (Å²) in [5, 5.41) is 8.33. The van der Waals surface area contributed by atoms with Crippen LogP contribution >= 0.6 is 11.8 Å². The molecule has 0 fully saturated rings. The molecule has 0 heterocycles. The number of nitrogens with one attached hydrogen (secondary N) is 1. The maximum Gasteiger partial charge on any atom is 0.128 e. The van der Waals surface area contributed by atoms with E-state index in [0.717, 1.165) is 17.7 Å². The molecule has 0 atom stereocenters. The fourth-order valence-electron chi connectivity index (χ4n) is 1.26. The highest BCUT2D eigenvalue weighted by Crippen LogP contribution is 2.23. The molecule has 2 nitrogen and oxygen atoms in total. The molecule has 0 bridgehead atoms. The molecule has 0 aliphatic carbocycles. The summed E-state index contributed by atoms with van der Waals surface area (Å²) < 4.78 is 5.21. The van der Waals surface area contributed by atoms with Crippen LogP contribution in [0.1, 0.15) is 18.1 Å². The van der Waals surface area contributed by atoms with Gasteiger partial charge in [-0.15, -0.1) is 11.8 Å². The van der Waals surface area contributed by atoms with E-state index in [4.69, 9.17) is 10.1 Å². The maximum absolute atomic E-state index is 7.78. The molecule has 1 aromatic rings. The van der Waals surface area contributed by atoms with Gasteiger partial charge in [0.25, 0.3) is 0 Å². The number of ether oxygens (including phenoxy) is 1. The zero-order valence-electron chi connectivity index (χ0n) is 8.76. The second kappa shape index (κ2) is 5.05. The highest BCUT2D eigenvalue weighted by molar-refractivity contribution is 8.13. The Morgan fingerprint density at radius 2 is 2.21 bits per heavy atom. The number of hydrogen-bond acceptors (Lipinski definition) is 3. The van der Waals surface area contributed by atoms with Crippen LogP contribution in [0.25, 0.3) is 0 Å². The predicted molar refractivity (Wildman–Crippen MR) is 62.7 cm³/mol. The van der Waals surface area contributed by atoms with E-state index in [2.05, 4.69) is 6.92 Å². The number of hydrogen-bond donors (Lipinski definition) is 1. The van der Waals surface area contributed by atoms with Gasteiger partial charge in [0, 0.05) is 5.56 Å². The van der Waals surface area contributed by atoms with Crippen molar-refractivity contribution in [2.75, 3.05) is 13.4 Å². The van der Waals surface area contributed by atoms with Gasteiger partial charge in [-0.1, -0.05) is 13.0 Å². The predicted octanol–water partition coefficient (Wildman–Crippen LogP) is 2.95. The van der Waals surface area contributed by atoms with Gasteiger partial charge in [-0.3, -0.25) is 5.41 Å². The van der Waals surface area contributed by atoms with Crippen molar-refractivity contribution in [3.05, 3.63) is 29.3 Å². The molecule has 0 amide bonds. The van der Waals surface area contributed by atoms with Gasteiger partial charge in [-0.05, 0) is 30.4 Å². The van der Waals surface area contributed by atoms with Gasteiger partial charge in [-0.2, -0.15) is 0 Å². The summed E-state index contributed by atoms with van der Waals surface area (Å²) in [5.74, 6) is 0.779. The zero-order chi connectivity index (χ0) is 10.6. The van der Waals surface area contributed by atoms with Crippen molar-refractivity contribution < 1.29 is 4.74 Å². The molecular weight excluding hydrogens is 194 g/mol. The molecule has 14 heavy (non-hydrogen) atoms. The van der Waals surface area contributed by atoms with E-state index in [1.165, 1.54) is 17.3 Å². The summed E-state index contributed by atoms with van der Waals surface area (Å²) in [4.78, 5) is 0. The molecule has 1 aromatic carbocycles. The smallest absolute Gasteiger partial charge is 0.128 e. The van der Waals surface area contributed by atoms with Crippen molar-refractivity contribution in [3.63, 3.8) is 0 Å².